The summed E-state index contributed by atoms with van der Waals surface area (Å²) in [6, 6.07) is 6.12. The molecule has 2 unspecified atom stereocenters. The summed E-state index contributed by atoms with van der Waals surface area (Å²) in [6.07, 6.45) is 1.25. The van der Waals surface area contributed by atoms with Crippen LogP contribution in [0.15, 0.2) is 18.2 Å². The fraction of sp³-hybridized carbons (Fsp3) is 0.533. The molecule has 108 valence electrons. The average Bonchev–Trinajstić information content (AvgIpc) is 2.76. The fourth-order valence-corrected chi connectivity index (χ4v) is 3.62. The minimum atomic E-state index is 0.0610. The molecule has 0 amide bonds. The lowest BCUT2D eigenvalue weighted by Crippen LogP contribution is -2.51. The third-order valence-corrected chi connectivity index (χ3v) is 5.04. The number of rotatable bonds is 3. The van der Waals surface area contributed by atoms with Crippen LogP contribution >= 0.6 is 23.2 Å². The van der Waals surface area contributed by atoms with E-state index in [4.69, 9.17) is 27.9 Å². The molecule has 0 radical (unpaired) electrons. The monoisotopic (exact) mass is 312 g/mol. The molecule has 1 aliphatic rings. The Morgan fingerprint density at radius 1 is 1.45 bits per heavy atom. The number of hydrogen-bond acceptors (Lipinski definition) is 2. The first-order chi connectivity index (χ1) is 9.48. The molecule has 1 fully saturated rings. The summed E-state index contributed by atoms with van der Waals surface area (Å²) in [5.74, 6) is 1.30. The topological polar surface area (TPSA) is 27.1 Å². The number of fused-ring (bicyclic) bond motifs is 1. The maximum atomic E-state index is 6.14. The maximum absolute atomic E-state index is 6.14. The predicted octanol–water partition coefficient (Wildman–Crippen LogP) is 4.41. The fourth-order valence-electron chi connectivity index (χ4n) is 3.26. The van der Waals surface area contributed by atoms with Crippen LogP contribution in [0.25, 0.3) is 11.0 Å². The number of imidazole rings is 1. The van der Waals surface area contributed by atoms with Crippen molar-refractivity contribution in [2.24, 2.45) is 5.41 Å². The lowest BCUT2D eigenvalue weighted by molar-refractivity contribution is -0.112. The largest absolute Gasteiger partial charge is 0.381 e. The van der Waals surface area contributed by atoms with E-state index in [1.807, 2.05) is 18.2 Å². The van der Waals surface area contributed by atoms with Crippen LogP contribution < -0.4 is 0 Å². The van der Waals surface area contributed by atoms with Crippen molar-refractivity contribution in [2.45, 2.75) is 38.3 Å². The summed E-state index contributed by atoms with van der Waals surface area (Å²) in [4.78, 5) is 4.62. The molecule has 1 aromatic carbocycles. The van der Waals surface area contributed by atoms with Crippen molar-refractivity contribution < 1.29 is 4.74 Å². The van der Waals surface area contributed by atoms with Crippen molar-refractivity contribution in [2.75, 3.05) is 7.11 Å². The van der Waals surface area contributed by atoms with Gasteiger partial charge in [0.1, 0.15) is 5.82 Å². The molecule has 2 aromatic rings. The zero-order chi connectivity index (χ0) is 14.5. The zero-order valence-corrected chi connectivity index (χ0v) is 13.4. The summed E-state index contributed by atoms with van der Waals surface area (Å²) in [6.45, 7) is 4.45. The molecule has 1 aliphatic carbocycles. The van der Waals surface area contributed by atoms with Gasteiger partial charge in [-0.05, 0) is 24.6 Å². The molecular formula is C15H18Cl2N2O. The molecule has 2 atom stereocenters. The van der Waals surface area contributed by atoms with Crippen LogP contribution in [0.4, 0.5) is 0 Å². The number of methoxy groups -OCH3 is 1. The average molecular weight is 313 g/mol. The van der Waals surface area contributed by atoms with Gasteiger partial charge in [-0.2, -0.15) is 0 Å². The molecule has 5 heteroatoms. The first kappa shape index (κ1) is 14.2. The van der Waals surface area contributed by atoms with Gasteiger partial charge in [-0.15, -0.1) is 11.6 Å². The normalized spacial score (nSPS) is 24.9. The Kier molecular flexibility index (Phi) is 3.47. The van der Waals surface area contributed by atoms with E-state index >= 15 is 0 Å². The molecule has 20 heavy (non-hydrogen) atoms. The molecule has 1 saturated carbocycles. The molecule has 0 spiro atoms. The Morgan fingerprint density at radius 2 is 2.20 bits per heavy atom. The van der Waals surface area contributed by atoms with E-state index in [1.54, 1.807) is 7.11 Å². The van der Waals surface area contributed by atoms with E-state index < -0.39 is 0 Å². The molecule has 1 heterocycles. The van der Waals surface area contributed by atoms with Gasteiger partial charge in [-0.25, -0.2) is 4.98 Å². The summed E-state index contributed by atoms with van der Waals surface area (Å²) >= 11 is 12.2. The maximum Gasteiger partial charge on any atom is 0.125 e. The number of aromatic nitrogens is 2. The van der Waals surface area contributed by atoms with Crippen LogP contribution in [0.2, 0.25) is 5.02 Å². The Morgan fingerprint density at radius 3 is 2.80 bits per heavy atom. The summed E-state index contributed by atoms with van der Waals surface area (Å²) in [7, 11) is 1.77. The van der Waals surface area contributed by atoms with Crippen LogP contribution in [-0.2, 0) is 10.6 Å². The van der Waals surface area contributed by atoms with Crippen molar-refractivity contribution in [3.63, 3.8) is 0 Å². The van der Waals surface area contributed by atoms with Crippen molar-refractivity contribution >= 4 is 34.2 Å². The SMILES string of the molecule is COC1CC(n2c(CCl)nc3ccc(Cl)cc32)C1(C)C. The molecule has 3 rings (SSSR count). The van der Waals surface area contributed by atoms with Crippen molar-refractivity contribution in [1.82, 2.24) is 9.55 Å². The van der Waals surface area contributed by atoms with Gasteiger partial charge in [0.05, 0.1) is 23.0 Å². The Labute approximate surface area is 128 Å². The van der Waals surface area contributed by atoms with Crippen LogP contribution in [0.3, 0.4) is 0 Å². The van der Waals surface area contributed by atoms with Crippen LogP contribution in [0.1, 0.15) is 32.1 Å². The molecule has 0 aliphatic heterocycles. The highest BCUT2D eigenvalue weighted by molar-refractivity contribution is 6.31. The van der Waals surface area contributed by atoms with Crippen LogP contribution in [-0.4, -0.2) is 22.8 Å². The second-order valence-electron chi connectivity index (χ2n) is 5.96. The highest BCUT2D eigenvalue weighted by Gasteiger charge is 2.50. The quantitative estimate of drug-likeness (QED) is 0.785. The number of alkyl halides is 1. The van der Waals surface area contributed by atoms with Gasteiger partial charge in [-0.3, -0.25) is 0 Å². The van der Waals surface area contributed by atoms with Crippen molar-refractivity contribution in [3.8, 4) is 0 Å². The van der Waals surface area contributed by atoms with Gasteiger partial charge in [0.15, 0.2) is 0 Å². The molecular weight excluding hydrogens is 295 g/mol. The van der Waals surface area contributed by atoms with Crippen molar-refractivity contribution in [1.29, 1.82) is 0 Å². The summed E-state index contributed by atoms with van der Waals surface area (Å²) in [5.41, 5.74) is 2.06. The minimum absolute atomic E-state index is 0.0610. The van der Waals surface area contributed by atoms with E-state index in [0.29, 0.717) is 11.9 Å². The van der Waals surface area contributed by atoms with Gasteiger partial charge >= 0.3 is 0 Å². The second kappa shape index (κ2) is 4.90. The second-order valence-corrected chi connectivity index (χ2v) is 6.67. The van der Waals surface area contributed by atoms with Gasteiger partial charge in [0, 0.05) is 23.6 Å². The number of hydrogen-bond donors (Lipinski definition) is 0. The first-order valence-electron chi connectivity index (χ1n) is 6.74. The first-order valence-corrected chi connectivity index (χ1v) is 7.65. The highest BCUT2D eigenvalue weighted by atomic mass is 35.5. The number of benzene rings is 1. The Balaban J connectivity index is 2.13. The van der Waals surface area contributed by atoms with E-state index in [0.717, 1.165) is 28.3 Å². The molecule has 0 bridgehead atoms. The highest BCUT2D eigenvalue weighted by Crippen LogP contribution is 2.52. The third-order valence-electron chi connectivity index (χ3n) is 4.57. The Hall–Kier alpha value is -0.770. The standard InChI is InChI=1S/C15H18Cl2N2O/c1-15(2)12(7-13(15)20-3)19-11-6-9(17)4-5-10(11)18-14(19)8-16/h4-6,12-13H,7-8H2,1-3H3. The minimum Gasteiger partial charge on any atom is -0.381 e. The molecule has 3 nitrogen and oxygen atoms in total. The van der Waals surface area contributed by atoms with Crippen LogP contribution in [0, 0.1) is 5.41 Å². The van der Waals surface area contributed by atoms with E-state index in [9.17, 15) is 0 Å². The van der Waals surface area contributed by atoms with Gasteiger partial charge in [-0.1, -0.05) is 25.4 Å². The van der Waals surface area contributed by atoms with Crippen molar-refractivity contribution in [3.05, 3.63) is 29.0 Å². The van der Waals surface area contributed by atoms with Gasteiger partial charge in [0.2, 0.25) is 0 Å². The predicted molar refractivity (Wildman–Crippen MR) is 82.5 cm³/mol. The van der Waals surface area contributed by atoms with Gasteiger partial charge in [0.25, 0.3) is 0 Å². The molecule has 0 saturated heterocycles. The molecule has 0 N–H and O–H groups in total. The molecule has 1 aromatic heterocycles. The lowest BCUT2D eigenvalue weighted by atomic mass is 9.64. The van der Waals surface area contributed by atoms with E-state index in [1.165, 1.54) is 0 Å². The number of nitrogens with zero attached hydrogens (tertiary/aromatic N) is 2. The zero-order valence-electron chi connectivity index (χ0n) is 11.9. The number of ether oxygens (including phenoxy) is 1. The number of halogens is 2. The lowest BCUT2D eigenvalue weighted by Gasteiger charge is -2.52. The van der Waals surface area contributed by atoms with E-state index in [-0.39, 0.29) is 11.5 Å². The summed E-state index contributed by atoms with van der Waals surface area (Å²) in [5, 5.41) is 0.722. The van der Waals surface area contributed by atoms with E-state index in [2.05, 4.69) is 23.4 Å². The Bertz CT molecular complexity index is 651. The van der Waals surface area contributed by atoms with Crippen LogP contribution in [0.5, 0.6) is 0 Å². The summed E-state index contributed by atoms with van der Waals surface area (Å²) < 4.78 is 7.79. The van der Waals surface area contributed by atoms with Gasteiger partial charge < -0.3 is 9.30 Å². The third kappa shape index (κ3) is 1.95. The smallest absolute Gasteiger partial charge is 0.125 e.